The summed E-state index contributed by atoms with van der Waals surface area (Å²) in [5.41, 5.74) is 1.02. The average Bonchev–Trinajstić information content (AvgIpc) is 2.53. The summed E-state index contributed by atoms with van der Waals surface area (Å²) in [6.07, 6.45) is 0.612. The molecule has 0 aromatic heterocycles. The maximum atomic E-state index is 10.4. The van der Waals surface area contributed by atoms with Crippen LogP contribution in [-0.4, -0.2) is 51.0 Å². The van der Waals surface area contributed by atoms with Gasteiger partial charge in [0.25, 0.3) is 0 Å². The van der Waals surface area contributed by atoms with Crippen molar-refractivity contribution in [3.8, 4) is 5.75 Å². The summed E-state index contributed by atoms with van der Waals surface area (Å²) in [4.78, 5) is 10.4. The van der Waals surface area contributed by atoms with Crippen LogP contribution in [0.1, 0.15) is 32.3 Å². The molecule has 0 fully saturated rings. The zero-order valence-electron chi connectivity index (χ0n) is 14.1. The molecule has 1 N–H and O–H groups in total. The van der Waals surface area contributed by atoms with Gasteiger partial charge in [-0.1, -0.05) is 19.1 Å². The zero-order chi connectivity index (χ0) is 17.0. The number of ether oxygens (including phenoxy) is 3. The van der Waals surface area contributed by atoms with E-state index in [-0.39, 0.29) is 18.1 Å². The Morgan fingerprint density at radius 1 is 1.09 bits per heavy atom. The molecule has 0 spiro atoms. The lowest BCUT2D eigenvalue weighted by atomic mass is 10.0. The van der Waals surface area contributed by atoms with E-state index in [2.05, 4.69) is 0 Å². The maximum Gasteiger partial charge on any atom is 0.127 e. The van der Waals surface area contributed by atoms with Gasteiger partial charge in [0.15, 0.2) is 0 Å². The van der Waals surface area contributed by atoms with Gasteiger partial charge in [0.1, 0.15) is 12.0 Å². The van der Waals surface area contributed by atoms with Crippen molar-refractivity contribution < 1.29 is 24.1 Å². The largest absolute Gasteiger partial charge is 0.497 e. The molecular formula is C17H28O5. The number of aliphatic hydroxyl groups excluding tert-OH is 1. The fraction of sp³-hybridized carbons (Fsp3) is 0.588. The van der Waals surface area contributed by atoms with Crippen LogP contribution in [0.5, 0.6) is 5.75 Å². The predicted molar refractivity (Wildman–Crippen MR) is 86.4 cm³/mol. The number of aliphatic hydroxyl groups is 1. The van der Waals surface area contributed by atoms with Crippen molar-refractivity contribution in [2.24, 2.45) is 0 Å². The summed E-state index contributed by atoms with van der Waals surface area (Å²) in [6, 6.07) is 7.51. The molecular weight excluding hydrogens is 284 g/mol. The van der Waals surface area contributed by atoms with Gasteiger partial charge >= 0.3 is 0 Å². The predicted octanol–water partition coefficient (Wildman–Crippen LogP) is 2.42. The lowest BCUT2D eigenvalue weighted by Gasteiger charge is -2.12. The normalized spacial score (nSPS) is 14.3. The lowest BCUT2D eigenvalue weighted by Crippen LogP contribution is -2.20. The molecule has 0 aliphatic rings. The van der Waals surface area contributed by atoms with Gasteiger partial charge in [-0.3, -0.25) is 0 Å². The number of hydrogen-bond acceptors (Lipinski definition) is 5. The third kappa shape index (κ3) is 9.50. The summed E-state index contributed by atoms with van der Waals surface area (Å²) in [7, 11) is 3.25. The van der Waals surface area contributed by atoms with E-state index in [4.69, 9.17) is 19.3 Å². The summed E-state index contributed by atoms with van der Waals surface area (Å²) in [5, 5.41) is 8.80. The maximum absolute atomic E-state index is 10.4. The lowest BCUT2D eigenvalue weighted by molar-refractivity contribution is -0.108. The molecule has 5 heteroatoms. The number of carbonyl (C=O) groups is 1. The monoisotopic (exact) mass is 312 g/mol. The minimum Gasteiger partial charge on any atom is -0.497 e. The van der Waals surface area contributed by atoms with Crippen molar-refractivity contribution in [2.45, 2.75) is 38.9 Å². The van der Waals surface area contributed by atoms with E-state index in [0.29, 0.717) is 13.2 Å². The Labute approximate surface area is 133 Å². The molecule has 0 amide bonds. The van der Waals surface area contributed by atoms with Gasteiger partial charge in [0.2, 0.25) is 0 Å². The van der Waals surface area contributed by atoms with Gasteiger partial charge in [-0.2, -0.15) is 0 Å². The van der Waals surface area contributed by atoms with Crippen LogP contribution in [0.4, 0.5) is 0 Å². The number of carbonyl (C=O) groups excluding carboxylic acids is 1. The summed E-state index contributed by atoms with van der Waals surface area (Å²) < 4.78 is 15.0. The zero-order valence-corrected chi connectivity index (χ0v) is 14.1. The van der Waals surface area contributed by atoms with Gasteiger partial charge in [0.05, 0.1) is 32.5 Å². The fourth-order valence-electron chi connectivity index (χ4n) is 1.57. The molecule has 0 aliphatic carbocycles. The van der Waals surface area contributed by atoms with Crippen LogP contribution in [0.15, 0.2) is 24.3 Å². The van der Waals surface area contributed by atoms with E-state index in [1.165, 1.54) is 0 Å². The first-order valence-corrected chi connectivity index (χ1v) is 7.32. The molecule has 0 saturated heterocycles. The molecule has 3 atom stereocenters. The summed E-state index contributed by atoms with van der Waals surface area (Å²) >= 11 is 0. The quantitative estimate of drug-likeness (QED) is 0.747. The van der Waals surface area contributed by atoms with Crippen LogP contribution < -0.4 is 4.74 Å². The molecule has 0 radical (unpaired) electrons. The van der Waals surface area contributed by atoms with Crippen LogP contribution in [0.2, 0.25) is 0 Å². The van der Waals surface area contributed by atoms with E-state index in [0.717, 1.165) is 17.6 Å². The Hall–Kier alpha value is -1.43. The highest BCUT2D eigenvalue weighted by Gasteiger charge is 2.03. The van der Waals surface area contributed by atoms with Crippen molar-refractivity contribution in [2.75, 3.05) is 27.4 Å². The Bertz CT molecular complexity index is 389. The van der Waals surface area contributed by atoms with Gasteiger partial charge in [-0.05, 0) is 31.5 Å². The average molecular weight is 312 g/mol. The van der Waals surface area contributed by atoms with Crippen LogP contribution in [0.3, 0.4) is 0 Å². The highest BCUT2D eigenvalue weighted by atomic mass is 16.5. The standard InChI is InChI=1S/C10H12O2.C7H16O3/c1-8(7-11)9-3-5-10(12-2)6-4-9;1-6(8)4-10-7(2)5-9-3/h3-8H,1-2H3;6-8H,4-5H2,1-3H3. The molecule has 0 aliphatic heterocycles. The number of methoxy groups -OCH3 is 2. The van der Waals surface area contributed by atoms with Gasteiger partial charge < -0.3 is 24.1 Å². The number of rotatable bonds is 8. The number of hydrogen-bond donors (Lipinski definition) is 1. The van der Waals surface area contributed by atoms with Crippen LogP contribution in [0.25, 0.3) is 0 Å². The van der Waals surface area contributed by atoms with E-state index in [1.807, 2.05) is 38.1 Å². The molecule has 1 rings (SSSR count). The highest BCUT2D eigenvalue weighted by Crippen LogP contribution is 2.16. The van der Waals surface area contributed by atoms with Crippen molar-refractivity contribution in [3.63, 3.8) is 0 Å². The Kier molecular flexibility index (Phi) is 11.4. The Balaban J connectivity index is 0.000000409. The fourth-order valence-corrected chi connectivity index (χ4v) is 1.57. The molecule has 5 nitrogen and oxygen atoms in total. The SMILES string of the molecule is COCC(C)OCC(C)O.COc1ccc(C(C)C=O)cc1. The summed E-state index contributed by atoms with van der Waals surface area (Å²) in [5.74, 6) is 0.785. The Morgan fingerprint density at radius 2 is 1.68 bits per heavy atom. The summed E-state index contributed by atoms with van der Waals surface area (Å²) in [6.45, 7) is 6.43. The second-order valence-electron chi connectivity index (χ2n) is 5.15. The molecule has 1 aromatic rings. The van der Waals surface area contributed by atoms with E-state index in [9.17, 15) is 4.79 Å². The molecule has 3 unspecified atom stereocenters. The number of aldehydes is 1. The molecule has 0 heterocycles. The first kappa shape index (κ1) is 20.6. The topological polar surface area (TPSA) is 65.0 Å². The van der Waals surface area contributed by atoms with Gasteiger partial charge in [-0.25, -0.2) is 0 Å². The van der Waals surface area contributed by atoms with E-state index < -0.39 is 0 Å². The smallest absolute Gasteiger partial charge is 0.127 e. The highest BCUT2D eigenvalue weighted by molar-refractivity contribution is 5.61. The first-order chi connectivity index (χ1) is 10.4. The molecule has 22 heavy (non-hydrogen) atoms. The third-order valence-electron chi connectivity index (χ3n) is 2.87. The minimum atomic E-state index is -0.390. The number of benzene rings is 1. The van der Waals surface area contributed by atoms with Crippen LogP contribution >= 0.6 is 0 Å². The Morgan fingerprint density at radius 3 is 2.09 bits per heavy atom. The van der Waals surface area contributed by atoms with E-state index >= 15 is 0 Å². The molecule has 0 saturated carbocycles. The third-order valence-corrected chi connectivity index (χ3v) is 2.87. The first-order valence-electron chi connectivity index (χ1n) is 7.32. The van der Waals surface area contributed by atoms with Crippen molar-refractivity contribution >= 4 is 6.29 Å². The van der Waals surface area contributed by atoms with Crippen LogP contribution in [-0.2, 0) is 14.3 Å². The minimum absolute atomic E-state index is 0.0316. The van der Waals surface area contributed by atoms with Crippen LogP contribution in [0, 0.1) is 0 Å². The molecule has 0 bridgehead atoms. The van der Waals surface area contributed by atoms with Gasteiger partial charge in [-0.15, -0.1) is 0 Å². The molecule has 1 aromatic carbocycles. The molecule has 126 valence electrons. The van der Waals surface area contributed by atoms with E-state index in [1.54, 1.807) is 21.1 Å². The van der Waals surface area contributed by atoms with Crippen molar-refractivity contribution in [1.29, 1.82) is 0 Å². The van der Waals surface area contributed by atoms with Gasteiger partial charge in [0, 0.05) is 13.0 Å². The second-order valence-corrected chi connectivity index (χ2v) is 5.15. The van der Waals surface area contributed by atoms with Crippen molar-refractivity contribution in [3.05, 3.63) is 29.8 Å². The second kappa shape index (κ2) is 12.1. The van der Waals surface area contributed by atoms with Crippen molar-refractivity contribution in [1.82, 2.24) is 0 Å².